The predicted octanol–water partition coefficient (Wildman–Crippen LogP) is -0.510. The van der Waals surface area contributed by atoms with Gasteiger partial charge in [0.2, 0.25) is 0 Å². The second kappa shape index (κ2) is 7.83. The topological polar surface area (TPSA) is 122 Å². The zero-order valence-corrected chi connectivity index (χ0v) is 13.8. The van der Waals surface area contributed by atoms with Gasteiger partial charge in [0.15, 0.2) is 0 Å². The normalized spacial score (nSPS) is 11.0. The molecule has 9 heteroatoms. The lowest BCUT2D eigenvalue weighted by Crippen LogP contribution is -2.38. The van der Waals surface area contributed by atoms with Crippen LogP contribution in [0.25, 0.3) is 0 Å². The first-order valence-corrected chi connectivity index (χ1v) is 7.34. The van der Waals surface area contributed by atoms with Gasteiger partial charge in [-0.1, -0.05) is 0 Å². The van der Waals surface area contributed by atoms with Crippen LogP contribution in [0.5, 0.6) is 0 Å². The number of carbonyl (C=O) groups is 1. The molecule has 2 rings (SSSR count). The highest BCUT2D eigenvalue weighted by atomic mass is 16.3. The Hall–Kier alpha value is -3.54. The van der Waals surface area contributed by atoms with Crippen molar-refractivity contribution in [3.05, 3.63) is 68.5 Å². The maximum absolute atomic E-state index is 11.9. The van der Waals surface area contributed by atoms with Gasteiger partial charge in [-0.05, 0) is 12.1 Å². The highest BCUT2D eigenvalue weighted by molar-refractivity contribution is 5.97. The van der Waals surface area contributed by atoms with Crippen LogP contribution in [-0.2, 0) is 32.0 Å². The predicted molar refractivity (Wildman–Crippen MR) is 88.0 cm³/mol. The molecule has 1 amide bonds. The molecule has 0 saturated heterocycles. The smallest absolute Gasteiger partial charge is 0.330 e. The summed E-state index contributed by atoms with van der Waals surface area (Å²) >= 11 is 0. The Morgan fingerprint density at radius 3 is 2.72 bits per heavy atom. The Morgan fingerprint density at radius 2 is 2.08 bits per heavy atom. The molecule has 0 aromatic carbocycles. The maximum atomic E-state index is 11.9. The fraction of sp³-hybridized carbons (Fsp3) is 0.250. The summed E-state index contributed by atoms with van der Waals surface area (Å²) in [5, 5.41) is 14.4. The van der Waals surface area contributed by atoms with Crippen molar-refractivity contribution in [3.8, 4) is 6.07 Å². The molecule has 2 aromatic heterocycles. The minimum absolute atomic E-state index is 0.110. The molecule has 130 valence electrons. The fourth-order valence-corrected chi connectivity index (χ4v) is 2.03. The Balaban J connectivity index is 2.02. The van der Waals surface area contributed by atoms with Crippen molar-refractivity contribution >= 4 is 5.91 Å². The molecule has 0 aliphatic heterocycles. The van der Waals surface area contributed by atoms with Crippen molar-refractivity contribution in [3.63, 3.8) is 0 Å². The third-order valence-electron chi connectivity index (χ3n) is 3.52. The first-order valence-electron chi connectivity index (χ1n) is 7.34. The number of amides is 1. The van der Waals surface area contributed by atoms with Crippen LogP contribution in [0.1, 0.15) is 11.5 Å². The number of aromatic nitrogens is 2. The van der Waals surface area contributed by atoms with Crippen LogP contribution in [0.3, 0.4) is 0 Å². The first kappa shape index (κ1) is 17.8. The number of hydrogen-bond acceptors (Lipinski definition) is 6. The Bertz CT molecular complexity index is 944. The lowest BCUT2D eigenvalue weighted by atomic mass is 10.3. The van der Waals surface area contributed by atoms with Crippen molar-refractivity contribution in [2.45, 2.75) is 13.1 Å². The van der Waals surface area contributed by atoms with Crippen molar-refractivity contribution in [1.82, 2.24) is 19.8 Å². The molecule has 0 spiro atoms. The van der Waals surface area contributed by atoms with Crippen LogP contribution >= 0.6 is 0 Å². The second-order valence-corrected chi connectivity index (χ2v) is 5.19. The summed E-state index contributed by atoms with van der Waals surface area (Å²) in [7, 11) is 2.92. The average molecular weight is 343 g/mol. The number of nitrogens with zero attached hydrogens (tertiary/aromatic N) is 3. The van der Waals surface area contributed by atoms with Gasteiger partial charge in [0.25, 0.3) is 11.5 Å². The van der Waals surface area contributed by atoms with Gasteiger partial charge in [-0.2, -0.15) is 5.26 Å². The molecular formula is C16H17N5O4. The first-order chi connectivity index (χ1) is 11.9. The highest BCUT2D eigenvalue weighted by Gasteiger charge is 2.10. The van der Waals surface area contributed by atoms with Gasteiger partial charge < -0.3 is 15.1 Å². The fourth-order valence-electron chi connectivity index (χ4n) is 2.03. The monoisotopic (exact) mass is 343 g/mol. The van der Waals surface area contributed by atoms with Gasteiger partial charge in [-0.15, -0.1) is 0 Å². The number of carbonyl (C=O) groups excluding carboxylic acids is 1. The quantitative estimate of drug-likeness (QED) is 0.538. The summed E-state index contributed by atoms with van der Waals surface area (Å²) in [4.78, 5) is 35.4. The summed E-state index contributed by atoms with van der Waals surface area (Å²) < 4.78 is 7.38. The molecule has 0 bridgehead atoms. The molecule has 9 nitrogen and oxygen atoms in total. The van der Waals surface area contributed by atoms with Gasteiger partial charge in [0.1, 0.15) is 17.4 Å². The van der Waals surface area contributed by atoms with Crippen LogP contribution in [0.15, 0.2) is 50.2 Å². The number of nitrogens with one attached hydrogen (secondary N) is 2. The Morgan fingerprint density at radius 1 is 1.32 bits per heavy atom. The van der Waals surface area contributed by atoms with E-state index in [1.54, 1.807) is 18.2 Å². The van der Waals surface area contributed by atoms with Crippen molar-refractivity contribution in [1.29, 1.82) is 5.26 Å². The van der Waals surface area contributed by atoms with Crippen LogP contribution in [0, 0.1) is 11.3 Å². The van der Waals surface area contributed by atoms with E-state index in [0.717, 1.165) is 4.57 Å². The summed E-state index contributed by atoms with van der Waals surface area (Å²) in [5.41, 5.74) is -0.594. The van der Waals surface area contributed by atoms with Gasteiger partial charge in [-0.3, -0.25) is 18.7 Å². The van der Waals surface area contributed by atoms with E-state index >= 15 is 0 Å². The molecule has 25 heavy (non-hydrogen) atoms. The largest absolute Gasteiger partial charge is 0.467 e. The van der Waals surface area contributed by atoms with E-state index < -0.39 is 17.2 Å². The Labute approximate surface area is 142 Å². The molecule has 0 saturated carbocycles. The van der Waals surface area contributed by atoms with Crippen LogP contribution in [0.4, 0.5) is 0 Å². The van der Waals surface area contributed by atoms with Crippen molar-refractivity contribution in [2.75, 3.05) is 0 Å². The molecule has 0 atom stereocenters. The molecule has 2 N–H and O–H groups in total. The van der Waals surface area contributed by atoms with Crippen LogP contribution in [0.2, 0.25) is 0 Å². The molecule has 0 aliphatic rings. The van der Waals surface area contributed by atoms with E-state index in [0.29, 0.717) is 11.5 Å². The van der Waals surface area contributed by atoms with Crippen LogP contribution in [-0.4, -0.2) is 15.0 Å². The zero-order chi connectivity index (χ0) is 18.4. The number of nitriles is 1. The maximum Gasteiger partial charge on any atom is 0.330 e. The molecular weight excluding hydrogens is 326 g/mol. The third kappa shape index (κ3) is 4.26. The molecule has 0 aliphatic carbocycles. The van der Waals surface area contributed by atoms with E-state index in [4.69, 9.17) is 9.68 Å². The minimum Gasteiger partial charge on any atom is -0.467 e. The van der Waals surface area contributed by atoms with E-state index in [-0.39, 0.29) is 18.7 Å². The van der Waals surface area contributed by atoms with E-state index in [9.17, 15) is 14.4 Å². The molecule has 0 radical (unpaired) electrons. The summed E-state index contributed by atoms with van der Waals surface area (Å²) in [5.74, 6) is -0.00186. The second-order valence-electron chi connectivity index (χ2n) is 5.19. The molecule has 0 unspecified atom stereocenters. The van der Waals surface area contributed by atoms with Gasteiger partial charge in [0.05, 0.1) is 19.4 Å². The SMILES string of the molecule is Cn1c(CN/C=C(/C#N)C(=O)NCc2ccco2)cc(=O)n(C)c1=O. The standard InChI is InChI=1S/C16H17N5O4/c1-20-12(6-14(22)21(2)16(20)24)9-18-8-11(7-17)15(23)19-10-13-4-3-5-25-13/h3-6,8,18H,9-10H2,1-2H3,(H,19,23)/b11-8-. The Kier molecular flexibility index (Phi) is 5.58. The zero-order valence-electron chi connectivity index (χ0n) is 13.8. The lowest BCUT2D eigenvalue weighted by Gasteiger charge is -2.09. The number of hydrogen-bond donors (Lipinski definition) is 2. The van der Waals surface area contributed by atoms with Gasteiger partial charge in [0, 0.05) is 32.1 Å². The summed E-state index contributed by atoms with van der Waals surface area (Å²) in [6.07, 6.45) is 2.72. The summed E-state index contributed by atoms with van der Waals surface area (Å²) in [6, 6.07) is 6.49. The molecule has 2 aromatic rings. The van der Waals surface area contributed by atoms with E-state index in [1.165, 1.54) is 37.2 Å². The average Bonchev–Trinajstić information content (AvgIpc) is 3.12. The summed E-state index contributed by atoms with van der Waals surface area (Å²) in [6.45, 7) is 0.270. The highest BCUT2D eigenvalue weighted by Crippen LogP contribution is 2.00. The van der Waals surface area contributed by atoms with E-state index in [1.807, 2.05) is 0 Å². The van der Waals surface area contributed by atoms with Crippen molar-refractivity contribution < 1.29 is 9.21 Å². The van der Waals surface area contributed by atoms with Crippen LogP contribution < -0.4 is 21.9 Å². The molecule has 0 fully saturated rings. The lowest BCUT2D eigenvalue weighted by molar-refractivity contribution is -0.117. The number of furan rings is 1. The van der Waals surface area contributed by atoms with Gasteiger partial charge >= 0.3 is 5.69 Å². The minimum atomic E-state index is -0.565. The van der Waals surface area contributed by atoms with Gasteiger partial charge in [-0.25, -0.2) is 4.79 Å². The van der Waals surface area contributed by atoms with E-state index in [2.05, 4.69) is 10.6 Å². The van der Waals surface area contributed by atoms with Crippen molar-refractivity contribution in [2.24, 2.45) is 14.1 Å². The molecule has 2 heterocycles. The number of rotatable bonds is 6. The third-order valence-corrected chi connectivity index (χ3v) is 3.52.